The molecule has 0 bridgehead atoms. The first-order valence-corrected chi connectivity index (χ1v) is 9.02. The lowest BCUT2D eigenvalue weighted by Crippen LogP contribution is -2.26. The molecular formula is C11H20O3Si. The zero-order chi connectivity index (χ0) is 11.3. The fourth-order valence-electron chi connectivity index (χ4n) is 2.43. The van der Waals surface area contributed by atoms with Gasteiger partial charge in [-0.1, -0.05) is 0 Å². The molecule has 2 aliphatic rings. The first-order chi connectivity index (χ1) is 6.89. The molecule has 2 saturated carbocycles. The molecule has 0 N–H and O–H groups in total. The van der Waals surface area contributed by atoms with Crippen LogP contribution < -0.4 is 0 Å². The predicted octanol–water partition coefficient (Wildman–Crippen LogP) is 2.04. The second kappa shape index (κ2) is 3.32. The quantitative estimate of drug-likeness (QED) is 0.545. The normalized spacial score (nSPS) is 37.9. The topological polar surface area (TPSA) is 35.5 Å². The van der Waals surface area contributed by atoms with E-state index in [2.05, 4.69) is 19.6 Å². The van der Waals surface area contributed by atoms with Crippen LogP contribution in [0.25, 0.3) is 0 Å². The number of carbonyl (C=O) groups excluding carboxylic acids is 1. The van der Waals surface area contributed by atoms with E-state index in [4.69, 9.17) is 9.16 Å². The van der Waals surface area contributed by atoms with Crippen LogP contribution in [0.3, 0.4) is 0 Å². The number of hydrogen-bond acceptors (Lipinski definition) is 3. The molecule has 0 aromatic carbocycles. The maximum Gasteiger partial charge on any atom is 0.309 e. The van der Waals surface area contributed by atoms with Crippen molar-refractivity contribution < 1.29 is 14.0 Å². The molecule has 3 atom stereocenters. The van der Waals surface area contributed by atoms with Crippen LogP contribution in [-0.4, -0.2) is 28.0 Å². The minimum atomic E-state index is -1.39. The molecule has 15 heavy (non-hydrogen) atoms. The third kappa shape index (κ3) is 2.11. The van der Waals surface area contributed by atoms with Gasteiger partial charge in [-0.05, 0) is 43.8 Å². The summed E-state index contributed by atoms with van der Waals surface area (Å²) in [6.07, 6.45) is 2.19. The van der Waals surface area contributed by atoms with Crippen molar-refractivity contribution >= 4 is 14.3 Å². The smallest absolute Gasteiger partial charge is 0.309 e. The molecule has 0 amide bonds. The maximum atomic E-state index is 11.3. The van der Waals surface area contributed by atoms with Gasteiger partial charge in [0.1, 0.15) is 0 Å². The average molecular weight is 228 g/mol. The number of carbonyl (C=O) groups is 1. The van der Waals surface area contributed by atoms with E-state index in [-0.39, 0.29) is 11.9 Å². The van der Waals surface area contributed by atoms with E-state index in [1.807, 2.05) is 0 Å². The molecular weight excluding hydrogens is 208 g/mol. The van der Waals surface area contributed by atoms with Crippen molar-refractivity contribution in [3.8, 4) is 0 Å². The van der Waals surface area contributed by atoms with E-state index >= 15 is 0 Å². The molecule has 4 heteroatoms. The molecule has 86 valence electrons. The van der Waals surface area contributed by atoms with E-state index in [9.17, 15) is 4.79 Å². The molecule has 2 unspecified atom stereocenters. The first-order valence-electron chi connectivity index (χ1n) is 5.61. The van der Waals surface area contributed by atoms with Gasteiger partial charge in [-0.2, -0.15) is 0 Å². The van der Waals surface area contributed by atoms with Gasteiger partial charge >= 0.3 is 5.97 Å². The highest BCUT2D eigenvalue weighted by Crippen LogP contribution is 2.74. The summed E-state index contributed by atoms with van der Waals surface area (Å²) in [4.78, 5) is 11.3. The predicted molar refractivity (Wildman–Crippen MR) is 60.0 cm³/mol. The van der Waals surface area contributed by atoms with Gasteiger partial charge in [0.2, 0.25) is 0 Å². The highest BCUT2D eigenvalue weighted by Gasteiger charge is 2.73. The molecule has 3 nitrogen and oxygen atoms in total. The van der Waals surface area contributed by atoms with Gasteiger partial charge in [-0.15, -0.1) is 0 Å². The van der Waals surface area contributed by atoms with Crippen LogP contribution in [-0.2, 0) is 14.0 Å². The van der Waals surface area contributed by atoms with Crippen LogP contribution in [0.2, 0.25) is 19.6 Å². The number of esters is 1. The van der Waals surface area contributed by atoms with Gasteiger partial charge in [0.05, 0.1) is 13.0 Å². The van der Waals surface area contributed by atoms with E-state index in [0.29, 0.717) is 11.3 Å². The maximum absolute atomic E-state index is 11.3. The monoisotopic (exact) mass is 228 g/mol. The van der Waals surface area contributed by atoms with Crippen molar-refractivity contribution in [2.24, 2.45) is 17.3 Å². The van der Waals surface area contributed by atoms with E-state index < -0.39 is 8.32 Å². The zero-order valence-corrected chi connectivity index (χ0v) is 11.0. The molecule has 0 aromatic rings. The summed E-state index contributed by atoms with van der Waals surface area (Å²) in [5.74, 6) is 0.775. The Morgan fingerprint density at radius 3 is 2.60 bits per heavy atom. The molecule has 0 aromatic heterocycles. The largest absolute Gasteiger partial charge is 0.469 e. The van der Waals surface area contributed by atoms with Crippen LogP contribution in [0.5, 0.6) is 0 Å². The summed E-state index contributed by atoms with van der Waals surface area (Å²) in [6, 6.07) is 0. The number of hydrogen-bond donors (Lipinski definition) is 0. The van der Waals surface area contributed by atoms with Gasteiger partial charge < -0.3 is 9.16 Å². The third-order valence-electron chi connectivity index (χ3n) is 3.60. The van der Waals surface area contributed by atoms with Gasteiger partial charge in [-0.25, -0.2) is 0 Å². The Kier molecular flexibility index (Phi) is 2.46. The lowest BCUT2D eigenvalue weighted by Gasteiger charge is -2.16. The molecule has 2 fully saturated rings. The van der Waals surface area contributed by atoms with Crippen LogP contribution in [0.1, 0.15) is 12.8 Å². The van der Waals surface area contributed by atoms with Gasteiger partial charge in [0.25, 0.3) is 0 Å². The van der Waals surface area contributed by atoms with Crippen molar-refractivity contribution in [1.29, 1.82) is 0 Å². The molecule has 2 aliphatic carbocycles. The minimum Gasteiger partial charge on any atom is -0.469 e. The molecule has 0 heterocycles. The summed E-state index contributed by atoms with van der Waals surface area (Å²) >= 11 is 0. The second-order valence-corrected chi connectivity index (χ2v) is 10.4. The van der Waals surface area contributed by atoms with Crippen molar-refractivity contribution in [3.63, 3.8) is 0 Å². The summed E-state index contributed by atoms with van der Waals surface area (Å²) in [5, 5.41) is 0. The summed E-state index contributed by atoms with van der Waals surface area (Å²) in [7, 11) is 0.0881. The highest BCUT2D eigenvalue weighted by molar-refractivity contribution is 6.69. The minimum absolute atomic E-state index is 0.0227. The third-order valence-corrected chi connectivity index (χ3v) is 4.63. The Labute approximate surface area is 92.3 Å². The lowest BCUT2D eigenvalue weighted by atomic mass is 10.2. The Bertz CT molecular complexity index is 284. The van der Waals surface area contributed by atoms with Crippen LogP contribution >= 0.6 is 0 Å². The van der Waals surface area contributed by atoms with Gasteiger partial charge in [0, 0.05) is 6.61 Å². The SMILES string of the molecule is COC(=O)C1C[C@@]12CC2CO[Si](C)(C)C. The molecule has 0 radical (unpaired) electrons. The van der Waals surface area contributed by atoms with Crippen molar-refractivity contribution in [2.45, 2.75) is 32.5 Å². The Balaban J connectivity index is 1.76. The van der Waals surface area contributed by atoms with Crippen LogP contribution in [0, 0.1) is 17.3 Å². The van der Waals surface area contributed by atoms with Crippen LogP contribution in [0.4, 0.5) is 0 Å². The fraction of sp³-hybridized carbons (Fsp3) is 0.909. The summed E-state index contributed by atoms with van der Waals surface area (Å²) < 4.78 is 10.6. The average Bonchev–Trinajstić information content (AvgIpc) is 3.01. The number of rotatable bonds is 4. The van der Waals surface area contributed by atoms with E-state index in [1.54, 1.807) is 0 Å². The summed E-state index contributed by atoms with van der Waals surface area (Å²) in [6.45, 7) is 7.45. The first kappa shape index (κ1) is 11.1. The fourth-order valence-corrected chi connectivity index (χ4v) is 3.13. The molecule has 0 saturated heterocycles. The van der Waals surface area contributed by atoms with Gasteiger partial charge in [0.15, 0.2) is 8.32 Å². The lowest BCUT2D eigenvalue weighted by molar-refractivity contribution is -0.142. The molecule has 1 spiro atoms. The Morgan fingerprint density at radius 1 is 1.40 bits per heavy atom. The Hall–Kier alpha value is -0.353. The van der Waals surface area contributed by atoms with Gasteiger partial charge in [-0.3, -0.25) is 4.79 Å². The second-order valence-electron chi connectivity index (χ2n) is 5.84. The summed E-state index contributed by atoms with van der Waals surface area (Å²) in [5.41, 5.74) is 0.298. The number of ether oxygens (including phenoxy) is 1. The van der Waals surface area contributed by atoms with Crippen molar-refractivity contribution in [2.75, 3.05) is 13.7 Å². The zero-order valence-electron chi connectivity index (χ0n) is 10.0. The van der Waals surface area contributed by atoms with Crippen molar-refractivity contribution in [1.82, 2.24) is 0 Å². The highest BCUT2D eigenvalue weighted by atomic mass is 28.4. The Morgan fingerprint density at radius 2 is 2.07 bits per heavy atom. The molecule has 0 aliphatic heterocycles. The van der Waals surface area contributed by atoms with Crippen LogP contribution in [0.15, 0.2) is 0 Å². The van der Waals surface area contributed by atoms with Crippen molar-refractivity contribution in [3.05, 3.63) is 0 Å². The van der Waals surface area contributed by atoms with E-state index in [0.717, 1.165) is 19.4 Å². The molecule has 2 rings (SSSR count). The number of methoxy groups -OCH3 is 1. The van der Waals surface area contributed by atoms with E-state index in [1.165, 1.54) is 7.11 Å². The standard InChI is InChI=1S/C11H20O3Si/c1-13-10(12)9-6-11(9)5-8(11)7-14-15(2,3)4/h8-9H,5-7H2,1-4H3/t8?,9?,11-/m1/s1.